The minimum absolute atomic E-state index is 0.226. The maximum Gasteiger partial charge on any atom is 0.433 e. The number of carbonyl (C=O) groups is 2. The Morgan fingerprint density at radius 3 is 2.37 bits per heavy atom. The fourth-order valence-corrected chi connectivity index (χ4v) is 6.85. The molecule has 3 heterocycles. The number of hydrazine groups is 1. The molecule has 6 rings (SSSR count). The Kier molecular flexibility index (Phi) is 10.4. The lowest BCUT2D eigenvalue weighted by atomic mass is 9.72. The number of likely N-dealkylation sites (N-methyl/N-ethyl adjacent to an activating group) is 1. The number of nitrogens with zero attached hydrogens (tertiary/aromatic N) is 4. The quantitative estimate of drug-likeness (QED) is 0.164. The zero-order valence-corrected chi connectivity index (χ0v) is 28.8. The molecule has 3 N–H and O–H groups in total. The van der Waals surface area contributed by atoms with E-state index in [2.05, 4.69) is 20.6 Å². The van der Waals surface area contributed by atoms with Gasteiger partial charge >= 0.3 is 12.4 Å². The highest BCUT2D eigenvalue weighted by molar-refractivity contribution is 6.24. The summed E-state index contributed by atoms with van der Waals surface area (Å²) in [4.78, 5) is 34.6. The second kappa shape index (κ2) is 14.4. The van der Waals surface area contributed by atoms with Crippen LogP contribution < -0.4 is 15.4 Å². The number of carbonyl (C=O) groups excluding carboxylic acids is 2. The van der Waals surface area contributed by atoms with Crippen LogP contribution in [0.3, 0.4) is 0 Å². The number of benzene rings is 2. The third-order valence-corrected chi connectivity index (χ3v) is 10.1. The molecule has 290 valence electrons. The number of hydrogen-bond acceptors (Lipinski definition) is 9. The average molecular weight is 771 g/mol. The Balaban J connectivity index is 1.32. The molecule has 1 saturated heterocycles. The van der Waals surface area contributed by atoms with E-state index in [0.717, 1.165) is 11.1 Å². The number of halogens is 8. The van der Waals surface area contributed by atoms with E-state index in [1.807, 2.05) is 0 Å². The second-order valence-corrected chi connectivity index (χ2v) is 13.3. The molecule has 3 aliphatic rings. The highest BCUT2D eigenvalue weighted by Gasteiger charge is 2.55. The monoisotopic (exact) mass is 770 g/mol. The van der Waals surface area contributed by atoms with Crippen molar-refractivity contribution in [3.8, 4) is 17.0 Å². The van der Waals surface area contributed by atoms with Gasteiger partial charge in [0.15, 0.2) is 11.6 Å². The van der Waals surface area contributed by atoms with Gasteiger partial charge in [-0.05, 0) is 56.1 Å². The van der Waals surface area contributed by atoms with Crippen molar-refractivity contribution in [1.29, 1.82) is 0 Å². The molecule has 11 nitrogen and oxygen atoms in total. The Morgan fingerprint density at radius 2 is 1.76 bits per heavy atom. The van der Waals surface area contributed by atoms with Crippen molar-refractivity contribution in [3.05, 3.63) is 82.5 Å². The molecule has 2 aromatic carbocycles. The van der Waals surface area contributed by atoms with Crippen molar-refractivity contribution < 1.29 is 59.3 Å². The van der Waals surface area contributed by atoms with Crippen LogP contribution in [0.2, 0.25) is 0 Å². The van der Waals surface area contributed by atoms with E-state index in [0.29, 0.717) is 63.5 Å². The number of alkyl halides is 6. The molecule has 1 aromatic heterocycles. The fraction of sp³-hybridized carbons (Fsp3) is 0.429. The van der Waals surface area contributed by atoms with Crippen LogP contribution >= 0.6 is 0 Å². The maximum absolute atomic E-state index is 15.7. The summed E-state index contributed by atoms with van der Waals surface area (Å²) in [5.74, 6) is -6.17. The number of ether oxygens (including phenoxy) is 2. The van der Waals surface area contributed by atoms with Crippen LogP contribution in [0.25, 0.3) is 11.3 Å². The summed E-state index contributed by atoms with van der Waals surface area (Å²) in [5, 5.41) is 19.0. The van der Waals surface area contributed by atoms with Crippen molar-refractivity contribution in [2.24, 2.45) is 0 Å². The van der Waals surface area contributed by atoms with Gasteiger partial charge in [-0.3, -0.25) is 14.6 Å². The SMILES string of the molecule is COCC[C@]1(Oc2ccc(CN3C(=O)C(C(=O)Nc4ccc(C(F)(F)F)cc4-c4cc(C(F)(F)F)ncn4)=C(O)C4(CCC4)N3C)c(F)c2F)CCNC1. The topological polar surface area (TPSA) is 129 Å². The van der Waals surface area contributed by atoms with E-state index in [1.165, 1.54) is 31.3 Å². The van der Waals surface area contributed by atoms with Gasteiger partial charge in [-0.2, -0.15) is 30.7 Å². The van der Waals surface area contributed by atoms with Crippen molar-refractivity contribution in [1.82, 2.24) is 25.3 Å². The molecular weight excluding hydrogens is 736 g/mol. The number of nitrogens with one attached hydrogen (secondary N) is 2. The Labute approximate surface area is 302 Å². The second-order valence-electron chi connectivity index (χ2n) is 13.3. The molecule has 1 atom stereocenters. The maximum atomic E-state index is 15.7. The summed E-state index contributed by atoms with van der Waals surface area (Å²) < 4.78 is 124. The first-order valence-electron chi connectivity index (χ1n) is 16.7. The van der Waals surface area contributed by atoms with Crippen molar-refractivity contribution in [2.45, 2.75) is 62.1 Å². The normalized spacial score (nSPS) is 20.4. The molecule has 1 saturated carbocycles. The molecule has 0 unspecified atom stereocenters. The predicted molar refractivity (Wildman–Crippen MR) is 174 cm³/mol. The Morgan fingerprint density at radius 1 is 1.02 bits per heavy atom. The van der Waals surface area contributed by atoms with Gasteiger partial charge in [0.2, 0.25) is 5.82 Å². The van der Waals surface area contributed by atoms with Crippen LogP contribution in [0, 0.1) is 11.6 Å². The average Bonchev–Trinajstić information content (AvgIpc) is 3.56. The largest absolute Gasteiger partial charge is 0.509 e. The fourth-order valence-electron chi connectivity index (χ4n) is 6.85. The van der Waals surface area contributed by atoms with Gasteiger partial charge in [0.1, 0.15) is 29.0 Å². The lowest BCUT2D eigenvalue weighted by molar-refractivity contribution is -0.172. The van der Waals surface area contributed by atoms with Crippen LogP contribution in [-0.4, -0.2) is 81.9 Å². The van der Waals surface area contributed by atoms with E-state index in [4.69, 9.17) is 9.47 Å². The molecule has 1 aliphatic carbocycles. The van der Waals surface area contributed by atoms with Crippen molar-refractivity contribution in [3.63, 3.8) is 0 Å². The van der Waals surface area contributed by atoms with E-state index < -0.39 is 93.0 Å². The lowest BCUT2D eigenvalue weighted by Gasteiger charge is -2.54. The van der Waals surface area contributed by atoms with Gasteiger partial charge in [0.05, 0.1) is 35.6 Å². The van der Waals surface area contributed by atoms with Gasteiger partial charge < -0.3 is 25.2 Å². The number of aromatic nitrogens is 2. The Hall–Kier alpha value is -4.88. The molecule has 3 aromatic rings. The third kappa shape index (κ3) is 7.18. The number of amides is 2. The minimum Gasteiger partial charge on any atom is -0.509 e. The van der Waals surface area contributed by atoms with Gasteiger partial charge in [-0.1, -0.05) is 6.07 Å². The summed E-state index contributed by atoms with van der Waals surface area (Å²) in [7, 11) is 2.92. The number of rotatable bonds is 10. The highest BCUT2D eigenvalue weighted by atomic mass is 19.4. The summed E-state index contributed by atoms with van der Waals surface area (Å²) in [6.07, 6.45) is -7.55. The van der Waals surface area contributed by atoms with Crippen LogP contribution in [0.1, 0.15) is 48.9 Å². The van der Waals surface area contributed by atoms with E-state index in [9.17, 15) is 41.0 Å². The molecule has 2 fully saturated rings. The number of anilines is 1. The summed E-state index contributed by atoms with van der Waals surface area (Å²) in [5.41, 5.74) is -7.82. The first-order chi connectivity index (χ1) is 25.4. The molecule has 2 amide bonds. The molecule has 19 heteroatoms. The van der Waals surface area contributed by atoms with Crippen LogP contribution in [0.5, 0.6) is 5.75 Å². The van der Waals surface area contributed by atoms with Crippen LogP contribution in [-0.2, 0) is 33.2 Å². The lowest BCUT2D eigenvalue weighted by Crippen LogP contribution is -2.65. The first kappa shape index (κ1) is 38.8. The van der Waals surface area contributed by atoms with Gasteiger partial charge in [-0.15, -0.1) is 0 Å². The molecule has 1 spiro atoms. The van der Waals surface area contributed by atoms with Crippen LogP contribution in [0.15, 0.2) is 54.1 Å². The molecule has 0 bridgehead atoms. The van der Waals surface area contributed by atoms with Crippen molar-refractivity contribution in [2.75, 3.05) is 39.2 Å². The predicted octanol–water partition coefficient (Wildman–Crippen LogP) is 6.17. The van der Waals surface area contributed by atoms with E-state index in [-0.39, 0.29) is 24.2 Å². The van der Waals surface area contributed by atoms with E-state index >= 15 is 8.78 Å². The summed E-state index contributed by atoms with van der Waals surface area (Å²) >= 11 is 0. The Bertz CT molecular complexity index is 1980. The van der Waals surface area contributed by atoms with Gasteiger partial charge in [0, 0.05) is 44.7 Å². The number of methoxy groups -OCH3 is 1. The smallest absolute Gasteiger partial charge is 0.433 e. The number of aliphatic hydroxyl groups is 1. The summed E-state index contributed by atoms with van der Waals surface area (Å²) in [6.45, 7) is 0.655. The zero-order chi connectivity index (χ0) is 39.2. The third-order valence-electron chi connectivity index (χ3n) is 10.1. The minimum atomic E-state index is -4.99. The van der Waals surface area contributed by atoms with E-state index in [1.54, 1.807) is 0 Å². The standard InChI is InChI=1S/C35H34F8N6O5/c1-48-33(8-3-9-33)29(50)26(30(51)47-22-6-5-20(34(38,39)40)14-21(22)23-15-25(35(41,42)43)46-18-45-23)31(52)49(48)16-19-4-7-24(28(37)27(19)36)54-32(11-13-53-2)10-12-44-17-32/h4-7,14-15,18,44,50H,3,8-13,16-17H2,1-2H3,(H,47,51)/t32-/m1/s1. The number of aliphatic hydroxyl groups excluding tert-OH is 1. The van der Waals surface area contributed by atoms with Crippen LogP contribution in [0.4, 0.5) is 40.8 Å². The van der Waals surface area contributed by atoms with Gasteiger partial charge in [0.25, 0.3) is 11.8 Å². The zero-order valence-electron chi connectivity index (χ0n) is 28.8. The molecule has 2 aliphatic heterocycles. The molecular formula is C35H34F8N6O5. The molecule has 0 radical (unpaired) electrons. The van der Waals surface area contributed by atoms with Gasteiger partial charge in [-0.25, -0.2) is 19.4 Å². The summed E-state index contributed by atoms with van der Waals surface area (Å²) in [6, 6.07) is 4.62. The number of hydrogen-bond donors (Lipinski definition) is 3. The molecule has 54 heavy (non-hydrogen) atoms. The first-order valence-corrected chi connectivity index (χ1v) is 16.7. The van der Waals surface area contributed by atoms with Crippen molar-refractivity contribution >= 4 is 17.5 Å². The highest BCUT2D eigenvalue weighted by Crippen LogP contribution is 2.47.